The summed E-state index contributed by atoms with van der Waals surface area (Å²) >= 11 is 6.00. The Morgan fingerprint density at radius 2 is 1.45 bits per heavy atom. The van der Waals surface area contributed by atoms with Crippen molar-refractivity contribution < 1.29 is 5.06 Å². The molecule has 3 aliphatic rings. The molecule has 3 heterocycles. The van der Waals surface area contributed by atoms with E-state index in [1.165, 1.54) is 0 Å². The minimum Gasteiger partial charge on any atom is -0.634 e. The Hall–Kier alpha value is 0.450. The van der Waals surface area contributed by atoms with Crippen molar-refractivity contribution in [1.82, 2.24) is 14.4 Å². The van der Waals surface area contributed by atoms with E-state index in [0.717, 1.165) is 39.0 Å². The van der Waals surface area contributed by atoms with Crippen molar-refractivity contribution in [3.63, 3.8) is 0 Å². The number of piperidine rings is 1. The first kappa shape index (κ1) is 15.3. The Bertz CT molecular complexity index is 414. The minimum atomic E-state index is -1.70. The minimum absolute atomic E-state index is 0.239. The van der Waals surface area contributed by atoms with Crippen LogP contribution >= 0.6 is 6.49 Å². The average molecular weight is 318 g/mol. The van der Waals surface area contributed by atoms with Gasteiger partial charge in [0.05, 0.1) is 11.1 Å². The van der Waals surface area contributed by atoms with Crippen LogP contribution in [0.25, 0.3) is 0 Å². The fraction of sp³-hybridized carbons (Fsp3) is 1.00. The molecule has 0 unspecified atom stereocenters. The zero-order valence-electron chi connectivity index (χ0n) is 13.0. The summed E-state index contributed by atoms with van der Waals surface area (Å²) in [5, 5.41) is 16.7. The lowest BCUT2D eigenvalue weighted by molar-refractivity contribution is -0.955. The Labute approximate surface area is 127 Å². The standard InChI is InChI=1S/C13H27N4OPS/c1-12(2)9-11(10-13(3,4)17(12)18)14-19(20,15-5-6-15)16-7-8-16/h11,17H,5-10H2,1-4H3,(H,14,20). The van der Waals surface area contributed by atoms with Crippen molar-refractivity contribution in [3.05, 3.63) is 5.21 Å². The van der Waals surface area contributed by atoms with Crippen LogP contribution in [0.3, 0.4) is 0 Å². The molecule has 3 fully saturated rings. The molecule has 0 spiro atoms. The molecule has 3 rings (SSSR count). The molecule has 0 amide bonds. The Balaban J connectivity index is 1.75. The van der Waals surface area contributed by atoms with Crippen LogP contribution in [-0.2, 0) is 11.8 Å². The van der Waals surface area contributed by atoms with Gasteiger partial charge in [-0.05, 0) is 39.5 Å². The molecule has 0 atom stereocenters. The number of nitrogens with zero attached hydrogens (tertiary/aromatic N) is 2. The summed E-state index contributed by atoms with van der Waals surface area (Å²) in [6, 6.07) is 0.365. The van der Waals surface area contributed by atoms with Gasteiger partial charge in [0.2, 0.25) is 0 Å². The predicted octanol–water partition coefficient (Wildman–Crippen LogP) is 0.534. The first-order valence-electron chi connectivity index (χ1n) is 7.59. The van der Waals surface area contributed by atoms with Gasteiger partial charge in [-0.15, -0.1) is 0 Å². The Kier molecular flexibility index (Phi) is 3.62. The molecule has 2 N–H and O–H groups in total. The smallest absolute Gasteiger partial charge is 0.143 e. The fourth-order valence-electron chi connectivity index (χ4n) is 3.71. The van der Waals surface area contributed by atoms with E-state index < -0.39 is 6.49 Å². The van der Waals surface area contributed by atoms with Gasteiger partial charge in [0.25, 0.3) is 0 Å². The molecule has 20 heavy (non-hydrogen) atoms. The molecule has 7 heteroatoms. The summed E-state index contributed by atoms with van der Waals surface area (Å²) in [5.41, 5.74) is -0.477. The highest BCUT2D eigenvalue weighted by molar-refractivity contribution is 8.11. The first-order valence-corrected chi connectivity index (χ1v) is 10.3. The highest BCUT2D eigenvalue weighted by Crippen LogP contribution is 2.58. The highest BCUT2D eigenvalue weighted by atomic mass is 32.4. The molecule has 5 nitrogen and oxygen atoms in total. The van der Waals surface area contributed by atoms with E-state index >= 15 is 0 Å². The van der Waals surface area contributed by atoms with Crippen molar-refractivity contribution in [2.75, 3.05) is 26.2 Å². The second-order valence-electron chi connectivity index (χ2n) is 7.78. The van der Waals surface area contributed by atoms with Gasteiger partial charge in [0, 0.05) is 45.1 Å². The third-order valence-electron chi connectivity index (χ3n) is 4.71. The molecule has 0 aromatic rings. The van der Waals surface area contributed by atoms with E-state index in [9.17, 15) is 5.21 Å². The number of rotatable bonds is 4. The third kappa shape index (κ3) is 2.72. The van der Waals surface area contributed by atoms with Crippen LogP contribution in [0.5, 0.6) is 0 Å². The topological polar surface area (TPSA) is 45.5 Å². The first-order chi connectivity index (χ1) is 9.15. The van der Waals surface area contributed by atoms with Crippen molar-refractivity contribution in [2.24, 2.45) is 0 Å². The Morgan fingerprint density at radius 1 is 1.05 bits per heavy atom. The van der Waals surface area contributed by atoms with Gasteiger partial charge >= 0.3 is 0 Å². The summed E-state index contributed by atoms with van der Waals surface area (Å²) in [4.78, 5) is 0. The molecule has 0 saturated carbocycles. The highest BCUT2D eigenvalue weighted by Gasteiger charge is 2.50. The van der Waals surface area contributed by atoms with Crippen LogP contribution in [0.15, 0.2) is 0 Å². The largest absolute Gasteiger partial charge is 0.634 e. The maximum Gasteiger partial charge on any atom is 0.143 e. The van der Waals surface area contributed by atoms with Gasteiger partial charge < -0.3 is 10.3 Å². The van der Waals surface area contributed by atoms with Gasteiger partial charge in [-0.3, -0.25) is 5.09 Å². The maximum atomic E-state index is 12.5. The average Bonchev–Trinajstić information content (AvgIpc) is 3.15. The number of hydrogen-bond acceptors (Lipinski definition) is 2. The molecule has 0 radical (unpaired) electrons. The zero-order valence-corrected chi connectivity index (χ0v) is 14.7. The van der Waals surface area contributed by atoms with Crippen LogP contribution in [0, 0.1) is 5.21 Å². The van der Waals surface area contributed by atoms with E-state index in [2.05, 4.69) is 42.1 Å². The van der Waals surface area contributed by atoms with Crippen molar-refractivity contribution in [3.8, 4) is 0 Å². The molecule has 0 aromatic carbocycles. The third-order valence-corrected chi connectivity index (χ3v) is 9.44. The van der Waals surface area contributed by atoms with E-state index in [4.69, 9.17) is 11.8 Å². The van der Waals surface area contributed by atoms with Gasteiger partial charge in [0.1, 0.15) is 6.49 Å². The van der Waals surface area contributed by atoms with Crippen LogP contribution < -0.4 is 10.2 Å². The quantitative estimate of drug-likeness (QED) is 0.450. The zero-order chi connectivity index (χ0) is 14.8. The van der Waals surface area contributed by atoms with Gasteiger partial charge in [-0.2, -0.15) is 0 Å². The maximum absolute atomic E-state index is 12.5. The second-order valence-corrected chi connectivity index (χ2v) is 11.8. The lowest BCUT2D eigenvalue weighted by atomic mass is 9.79. The summed E-state index contributed by atoms with van der Waals surface area (Å²) in [6.45, 7) is 11.2. The Morgan fingerprint density at radius 3 is 1.80 bits per heavy atom. The number of hydroxylamine groups is 2. The number of hydrogen-bond donors (Lipinski definition) is 2. The normalized spacial score (nSPS) is 36.9. The number of nitrogens with one attached hydrogen (secondary N) is 2. The lowest BCUT2D eigenvalue weighted by Gasteiger charge is -2.55. The summed E-state index contributed by atoms with van der Waals surface area (Å²) < 4.78 is 4.84. The molecule has 0 bridgehead atoms. The van der Waals surface area contributed by atoms with Gasteiger partial charge in [-0.25, -0.2) is 9.34 Å². The van der Waals surface area contributed by atoms with E-state index in [1.54, 1.807) is 0 Å². The molecule has 116 valence electrons. The number of quaternary nitrogens is 1. The lowest BCUT2D eigenvalue weighted by Crippen LogP contribution is -3.23. The van der Waals surface area contributed by atoms with Gasteiger partial charge in [0.15, 0.2) is 0 Å². The van der Waals surface area contributed by atoms with Crippen molar-refractivity contribution in [2.45, 2.75) is 57.7 Å². The monoisotopic (exact) mass is 318 g/mol. The summed E-state index contributed by atoms with van der Waals surface area (Å²) in [6.07, 6.45) is 1.82. The fourth-order valence-corrected chi connectivity index (χ4v) is 7.74. The predicted molar refractivity (Wildman–Crippen MR) is 86.1 cm³/mol. The molecular formula is C13H27N4OPS. The molecule has 0 aromatic heterocycles. The molecule has 3 saturated heterocycles. The van der Waals surface area contributed by atoms with E-state index in [-0.39, 0.29) is 11.1 Å². The van der Waals surface area contributed by atoms with Crippen LogP contribution in [-0.4, -0.2) is 52.6 Å². The SMILES string of the molecule is CC1(C)CC(NP(=S)(N2CC2)N2CC2)CC(C)(C)[NH+]1[O-]. The van der Waals surface area contributed by atoms with E-state index in [0.29, 0.717) is 11.1 Å². The molecular weight excluding hydrogens is 291 g/mol. The van der Waals surface area contributed by atoms with Gasteiger partial charge in [-0.1, -0.05) is 0 Å². The molecule has 0 aliphatic carbocycles. The second kappa shape index (κ2) is 4.72. The van der Waals surface area contributed by atoms with E-state index in [1.807, 2.05) is 0 Å². The summed E-state index contributed by atoms with van der Waals surface area (Å²) in [5.74, 6) is 0. The summed E-state index contributed by atoms with van der Waals surface area (Å²) in [7, 11) is 0. The van der Waals surface area contributed by atoms with Crippen molar-refractivity contribution in [1.29, 1.82) is 0 Å². The van der Waals surface area contributed by atoms with Crippen LogP contribution in [0.4, 0.5) is 0 Å². The van der Waals surface area contributed by atoms with Crippen LogP contribution in [0.2, 0.25) is 0 Å². The van der Waals surface area contributed by atoms with Crippen LogP contribution in [0.1, 0.15) is 40.5 Å². The van der Waals surface area contributed by atoms with Crippen molar-refractivity contribution >= 4 is 18.3 Å². The molecule has 3 aliphatic heterocycles.